The van der Waals surface area contributed by atoms with Gasteiger partial charge in [0.2, 0.25) is 0 Å². The molecule has 0 spiro atoms. The number of nitrogens with zero attached hydrogens (tertiary/aromatic N) is 1. The molecule has 2 amide bonds. The van der Waals surface area contributed by atoms with Crippen LogP contribution in [0.2, 0.25) is 0 Å². The number of carbonyl (C=O) groups is 2. The molecule has 1 fully saturated rings. The van der Waals surface area contributed by atoms with E-state index < -0.39 is 5.41 Å². The summed E-state index contributed by atoms with van der Waals surface area (Å²) in [7, 11) is 1.42. The smallest absolute Gasteiger partial charge is 0.317 e. The number of rotatable bonds is 6. The zero-order valence-corrected chi connectivity index (χ0v) is 17.9. The third kappa shape index (κ3) is 4.58. The lowest BCUT2D eigenvalue weighted by Crippen LogP contribution is -2.52. The lowest BCUT2D eigenvalue weighted by Gasteiger charge is -2.40. The maximum Gasteiger partial charge on any atom is 0.317 e. The second kappa shape index (κ2) is 9.65. The van der Waals surface area contributed by atoms with Gasteiger partial charge in [0.05, 0.1) is 25.2 Å². The highest BCUT2D eigenvalue weighted by Gasteiger charge is 2.44. The molecule has 1 unspecified atom stereocenters. The van der Waals surface area contributed by atoms with E-state index in [-0.39, 0.29) is 18.0 Å². The van der Waals surface area contributed by atoms with Crippen molar-refractivity contribution in [3.8, 4) is 5.75 Å². The minimum atomic E-state index is -0.701. The van der Waals surface area contributed by atoms with Crippen LogP contribution in [0.25, 0.3) is 0 Å². The Morgan fingerprint density at radius 2 is 1.70 bits per heavy atom. The van der Waals surface area contributed by atoms with Crippen molar-refractivity contribution in [3.05, 3.63) is 65.7 Å². The van der Waals surface area contributed by atoms with Gasteiger partial charge < -0.3 is 19.7 Å². The van der Waals surface area contributed by atoms with Gasteiger partial charge in [-0.1, -0.05) is 42.5 Å². The Balaban J connectivity index is 1.63. The lowest BCUT2D eigenvalue weighted by molar-refractivity contribution is -0.149. The summed E-state index contributed by atoms with van der Waals surface area (Å²) in [5.74, 6) is 0.576. The van der Waals surface area contributed by atoms with E-state index in [9.17, 15) is 9.59 Å². The van der Waals surface area contributed by atoms with E-state index in [1.54, 1.807) is 4.90 Å². The van der Waals surface area contributed by atoms with Gasteiger partial charge in [-0.3, -0.25) is 4.79 Å². The first-order valence-corrected chi connectivity index (χ1v) is 10.4. The third-order valence-corrected chi connectivity index (χ3v) is 5.84. The van der Waals surface area contributed by atoms with Gasteiger partial charge in [-0.2, -0.15) is 0 Å². The number of hydrogen-bond acceptors (Lipinski definition) is 4. The Hall–Kier alpha value is -3.02. The Kier molecular flexibility index (Phi) is 6.98. The van der Waals surface area contributed by atoms with Gasteiger partial charge in [0.1, 0.15) is 5.75 Å². The molecule has 1 atom stereocenters. The summed E-state index contributed by atoms with van der Waals surface area (Å²) < 4.78 is 10.6. The predicted molar refractivity (Wildman–Crippen MR) is 116 cm³/mol. The van der Waals surface area contributed by atoms with Crippen molar-refractivity contribution in [1.29, 1.82) is 0 Å². The standard InChI is InChI=1S/C24H30N2O4/c1-4-30-21-12-10-19(11-13-21)18(2)25-23(28)26-16-14-24(15-17-26,22(27)29-3)20-8-6-5-7-9-20/h5-13,18H,4,14-17H2,1-3H3,(H,25,28). The normalized spacial score (nSPS) is 16.4. The highest BCUT2D eigenvalue weighted by molar-refractivity contribution is 5.84. The summed E-state index contributed by atoms with van der Waals surface area (Å²) in [4.78, 5) is 27.2. The van der Waals surface area contributed by atoms with Gasteiger partial charge in [-0.15, -0.1) is 0 Å². The quantitative estimate of drug-likeness (QED) is 0.729. The zero-order valence-electron chi connectivity index (χ0n) is 17.9. The summed E-state index contributed by atoms with van der Waals surface area (Å²) in [6.07, 6.45) is 1.07. The van der Waals surface area contributed by atoms with Gasteiger partial charge in [-0.25, -0.2) is 4.79 Å². The number of urea groups is 1. The van der Waals surface area contributed by atoms with E-state index in [1.807, 2.05) is 68.4 Å². The van der Waals surface area contributed by atoms with Gasteiger partial charge in [0.15, 0.2) is 0 Å². The molecule has 1 aliphatic rings. The van der Waals surface area contributed by atoms with Crippen molar-refractivity contribution in [3.63, 3.8) is 0 Å². The van der Waals surface area contributed by atoms with Crippen LogP contribution in [0.5, 0.6) is 5.75 Å². The minimum Gasteiger partial charge on any atom is -0.494 e. The number of benzene rings is 2. The van der Waals surface area contributed by atoms with Crippen molar-refractivity contribution in [1.82, 2.24) is 10.2 Å². The fraction of sp³-hybridized carbons (Fsp3) is 0.417. The first-order valence-electron chi connectivity index (χ1n) is 10.4. The van der Waals surface area contributed by atoms with Crippen LogP contribution in [0.3, 0.4) is 0 Å². The molecule has 6 nitrogen and oxygen atoms in total. The predicted octanol–water partition coefficient (Wildman–Crippen LogP) is 4.06. The SMILES string of the molecule is CCOc1ccc(C(C)NC(=O)N2CCC(C(=O)OC)(c3ccccc3)CC2)cc1. The molecule has 0 aromatic heterocycles. The van der Waals surface area contributed by atoms with E-state index in [2.05, 4.69) is 5.32 Å². The molecule has 6 heteroatoms. The topological polar surface area (TPSA) is 67.9 Å². The molecule has 1 heterocycles. The molecule has 1 N–H and O–H groups in total. The first kappa shape index (κ1) is 21.7. The van der Waals surface area contributed by atoms with Crippen molar-refractivity contribution in [2.75, 3.05) is 26.8 Å². The zero-order chi connectivity index (χ0) is 21.6. The number of ether oxygens (including phenoxy) is 2. The highest BCUT2D eigenvalue weighted by Crippen LogP contribution is 2.37. The molecule has 3 rings (SSSR count). The number of likely N-dealkylation sites (tertiary alicyclic amines) is 1. The molecule has 30 heavy (non-hydrogen) atoms. The van der Waals surface area contributed by atoms with Gasteiger partial charge >= 0.3 is 12.0 Å². The summed E-state index contributed by atoms with van der Waals surface area (Å²) >= 11 is 0. The van der Waals surface area contributed by atoms with Crippen molar-refractivity contribution >= 4 is 12.0 Å². The van der Waals surface area contributed by atoms with E-state index in [1.165, 1.54) is 7.11 Å². The number of esters is 1. The summed E-state index contributed by atoms with van der Waals surface area (Å²) in [5.41, 5.74) is 1.25. The van der Waals surface area contributed by atoms with Crippen LogP contribution in [0.15, 0.2) is 54.6 Å². The maximum absolute atomic E-state index is 12.8. The van der Waals surface area contributed by atoms with E-state index in [0.717, 1.165) is 16.9 Å². The van der Waals surface area contributed by atoms with Crippen LogP contribution in [0.1, 0.15) is 43.9 Å². The summed E-state index contributed by atoms with van der Waals surface area (Å²) in [5, 5.41) is 3.06. The van der Waals surface area contributed by atoms with Crippen LogP contribution < -0.4 is 10.1 Å². The van der Waals surface area contributed by atoms with Crippen LogP contribution in [0.4, 0.5) is 4.79 Å². The molecule has 2 aromatic carbocycles. The first-order chi connectivity index (χ1) is 14.5. The fourth-order valence-corrected chi connectivity index (χ4v) is 4.03. The number of piperidine rings is 1. The number of carbonyl (C=O) groups excluding carboxylic acids is 2. The Bertz CT molecular complexity index is 843. The molecular weight excluding hydrogens is 380 g/mol. The van der Waals surface area contributed by atoms with Crippen LogP contribution in [0, 0.1) is 0 Å². The number of amides is 2. The summed E-state index contributed by atoms with van der Waals surface area (Å²) in [6, 6.07) is 17.2. The summed E-state index contributed by atoms with van der Waals surface area (Å²) in [6.45, 7) is 5.51. The van der Waals surface area contributed by atoms with Crippen LogP contribution >= 0.6 is 0 Å². The monoisotopic (exact) mass is 410 g/mol. The highest BCUT2D eigenvalue weighted by atomic mass is 16.5. The maximum atomic E-state index is 12.8. The molecule has 1 aliphatic heterocycles. The van der Waals surface area contributed by atoms with E-state index >= 15 is 0 Å². The molecule has 1 saturated heterocycles. The van der Waals surface area contributed by atoms with Crippen molar-refractivity contribution < 1.29 is 19.1 Å². The van der Waals surface area contributed by atoms with E-state index in [4.69, 9.17) is 9.47 Å². The average molecular weight is 411 g/mol. The van der Waals surface area contributed by atoms with Gasteiger partial charge in [-0.05, 0) is 49.9 Å². The van der Waals surface area contributed by atoms with E-state index in [0.29, 0.717) is 32.5 Å². The number of hydrogen-bond donors (Lipinski definition) is 1. The third-order valence-electron chi connectivity index (χ3n) is 5.84. The van der Waals surface area contributed by atoms with Crippen molar-refractivity contribution in [2.45, 2.75) is 38.1 Å². The molecule has 0 bridgehead atoms. The van der Waals surface area contributed by atoms with Crippen LogP contribution in [-0.2, 0) is 14.9 Å². The second-order valence-electron chi connectivity index (χ2n) is 7.60. The molecule has 160 valence electrons. The Morgan fingerprint density at radius 3 is 2.27 bits per heavy atom. The molecule has 2 aromatic rings. The molecule has 0 saturated carbocycles. The number of methoxy groups -OCH3 is 1. The lowest BCUT2D eigenvalue weighted by atomic mass is 9.73. The Morgan fingerprint density at radius 1 is 1.07 bits per heavy atom. The second-order valence-corrected chi connectivity index (χ2v) is 7.60. The molecular formula is C24H30N2O4. The fourth-order valence-electron chi connectivity index (χ4n) is 4.03. The minimum absolute atomic E-state index is 0.122. The Labute approximate surface area is 178 Å². The van der Waals surface area contributed by atoms with Gasteiger partial charge in [0.25, 0.3) is 0 Å². The molecule has 0 aliphatic carbocycles. The average Bonchev–Trinajstić information content (AvgIpc) is 2.79. The largest absolute Gasteiger partial charge is 0.494 e. The van der Waals surface area contributed by atoms with Crippen molar-refractivity contribution in [2.24, 2.45) is 0 Å². The van der Waals surface area contributed by atoms with Crippen LogP contribution in [-0.4, -0.2) is 43.7 Å². The van der Waals surface area contributed by atoms with Gasteiger partial charge in [0, 0.05) is 13.1 Å². The molecule has 0 radical (unpaired) electrons. The number of nitrogens with one attached hydrogen (secondary N) is 1.